The van der Waals surface area contributed by atoms with Crippen LogP contribution in [0.1, 0.15) is 41.5 Å². The molecule has 5 heteroatoms. The molecule has 0 heterocycles. The summed E-state index contributed by atoms with van der Waals surface area (Å²) in [7, 11) is 0. The fraction of sp³-hybridized carbons (Fsp3) is 0.846. The highest BCUT2D eigenvalue weighted by molar-refractivity contribution is 8.00. The van der Waals surface area contributed by atoms with Crippen LogP contribution in [-0.4, -0.2) is 33.5 Å². The molecule has 0 aliphatic rings. The van der Waals surface area contributed by atoms with Crippen molar-refractivity contribution in [1.82, 2.24) is 5.32 Å². The van der Waals surface area contributed by atoms with E-state index in [1.54, 1.807) is 0 Å². The van der Waals surface area contributed by atoms with Crippen LogP contribution in [0.4, 0.5) is 0 Å². The molecule has 0 aliphatic carbocycles. The van der Waals surface area contributed by atoms with E-state index in [2.05, 4.69) is 5.32 Å². The van der Waals surface area contributed by atoms with Gasteiger partial charge in [0.2, 0.25) is 5.91 Å². The van der Waals surface area contributed by atoms with Gasteiger partial charge in [-0.25, -0.2) is 0 Å². The van der Waals surface area contributed by atoms with Crippen LogP contribution in [0.25, 0.3) is 0 Å². The molecule has 0 radical (unpaired) electrons. The number of thioether (sulfide) groups is 1. The minimum atomic E-state index is -1.06. The average molecular weight is 275 g/mol. The monoisotopic (exact) mass is 275 g/mol. The summed E-state index contributed by atoms with van der Waals surface area (Å²) >= 11 is 1.49. The van der Waals surface area contributed by atoms with Crippen molar-refractivity contribution in [2.45, 2.75) is 52.3 Å². The summed E-state index contributed by atoms with van der Waals surface area (Å²) in [5.74, 6) is -1.83. The van der Waals surface area contributed by atoms with Gasteiger partial charge < -0.3 is 10.4 Å². The van der Waals surface area contributed by atoms with E-state index in [0.29, 0.717) is 11.7 Å². The predicted octanol–water partition coefficient (Wildman–Crippen LogP) is 2.38. The van der Waals surface area contributed by atoms with Gasteiger partial charge in [-0.15, -0.1) is 0 Å². The van der Waals surface area contributed by atoms with E-state index in [4.69, 9.17) is 5.11 Å². The van der Waals surface area contributed by atoms with Gasteiger partial charge in [0.1, 0.15) is 5.92 Å². The van der Waals surface area contributed by atoms with E-state index >= 15 is 0 Å². The van der Waals surface area contributed by atoms with Crippen molar-refractivity contribution in [2.75, 3.05) is 5.75 Å². The van der Waals surface area contributed by atoms with Crippen LogP contribution >= 0.6 is 11.8 Å². The molecular weight excluding hydrogens is 250 g/mol. The Hall–Kier alpha value is -0.710. The lowest BCUT2D eigenvalue weighted by molar-refractivity contribution is -0.146. The maximum absolute atomic E-state index is 11.9. The third-order valence-electron chi connectivity index (χ3n) is 2.67. The van der Waals surface area contributed by atoms with Crippen LogP contribution in [-0.2, 0) is 9.59 Å². The van der Waals surface area contributed by atoms with E-state index < -0.39 is 11.9 Å². The van der Waals surface area contributed by atoms with Crippen LogP contribution in [0, 0.1) is 11.8 Å². The number of nitrogens with one attached hydrogen (secondary N) is 1. The average Bonchev–Trinajstić information content (AvgIpc) is 2.14. The van der Waals surface area contributed by atoms with Gasteiger partial charge in [0.25, 0.3) is 0 Å². The fourth-order valence-corrected chi connectivity index (χ4v) is 2.04. The maximum Gasteiger partial charge on any atom is 0.316 e. The van der Waals surface area contributed by atoms with Crippen molar-refractivity contribution in [3.63, 3.8) is 0 Å². The zero-order valence-electron chi connectivity index (χ0n) is 12.1. The normalized spacial score (nSPS) is 15.3. The Morgan fingerprint density at radius 2 is 1.72 bits per heavy atom. The number of aliphatic carboxylic acids is 1. The number of amides is 1. The molecular formula is C13H25NO3S. The number of hydrogen-bond donors (Lipinski definition) is 2. The molecule has 18 heavy (non-hydrogen) atoms. The first kappa shape index (κ1) is 17.3. The van der Waals surface area contributed by atoms with Crippen molar-refractivity contribution < 1.29 is 14.7 Å². The Balaban J connectivity index is 4.51. The van der Waals surface area contributed by atoms with Gasteiger partial charge in [-0.1, -0.05) is 34.6 Å². The highest BCUT2D eigenvalue weighted by Gasteiger charge is 2.29. The molecule has 0 saturated heterocycles. The second-order valence-electron chi connectivity index (χ2n) is 5.86. The minimum absolute atomic E-state index is 0.0148. The van der Waals surface area contributed by atoms with Crippen LogP contribution < -0.4 is 5.32 Å². The van der Waals surface area contributed by atoms with Gasteiger partial charge in [-0.2, -0.15) is 11.8 Å². The number of carbonyl (C=O) groups excluding carboxylic acids is 1. The number of carbonyl (C=O) groups is 2. The highest BCUT2D eigenvalue weighted by Crippen LogP contribution is 2.25. The second kappa shape index (κ2) is 7.02. The Bertz CT molecular complexity index is 297. The molecule has 0 rings (SSSR count). The minimum Gasteiger partial charge on any atom is -0.481 e. The third-order valence-corrected chi connectivity index (χ3v) is 4.03. The second-order valence-corrected chi connectivity index (χ2v) is 7.70. The molecule has 0 aromatic carbocycles. The van der Waals surface area contributed by atoms with Gasteiger partial charge in [0, 0.05) is 16.5 Å². The Morgan fingerprint density at radius 1 is 1.22 bits per heavy atom. The Kier molecular flexibility index (Phi) is 6.74. The lowest BCUT2D eigenvalue weighted by Gasteiger charge is -2.23. The molecule has 2 atom stereocenters. The molecule has 0 aromatic heterocycles. The van der Waals surface area contributed by atoms with Gasteiger partial charge >= 0.3 is 5.97 Å². The number of carboxylic acid groups (broad SMARTS) is 1. The highest BCUT2D eigenvalue weighted by atomic mass is 32.2. The summed E-state index contributed by atoms with van der Waals surface area (Å²) in [4.78, 5) is 23.0. The predicted molar refractivity (Wildman–Crippen MR) is 75.8 cm³/mol. The standard InChI is InChI=1S/C13H25NO3S/c1-8(2)9(3)14-11(15)10(12(16)17)7-18-13(4,5)6/h8-10H,7H2,1-6H3,(H,14,15)(H,16,17)/t9-,10?/m0/s1. The maximum atomic E-state index is 11.9. The van der Waals surface area contributed by atoms with Crippen LogP contribution in [0.15, 0.2) is 0 Å². The number of rotatable bonds is 6. The fourth-order valence-electron chi connectivity index (χ4n) is 1.08. The van der Waals surface area contributed by atoms with E-state index in [0.717, 1.165) is 0 Å². The summed E-state index contributed by atoms with van der Waals surface area (Å²) < 4.78 is -0.0440. The first-order valence-electron chi connectivity index (χ1n) is 6.21. The van der Waals surface area contributed by atoms with Gasteiger partial charge in [-0.3, -0.25) is 9.59 Å². The molecule has 0 aliphatic heterocycles. The Morgan fingerprint density at radius 3 is 2.06 bits per heavy atom. The largest absolute Gasteiger partial charge is 0.481 e. The molecule has 0 spiro atoms. The van der Waals surface area contributed by atoms with Gasteiger partial charge in [-0.05, 0) is 12.8 Å². The summed E-state index contributed by atoms with van der Waals surface area (Å²) in [6.45, 7) is 11.9. The molecule has 106 valence electrons. The zero-order chi connectivity index (χ0) is 14.5. The zero-order valence-corrected chi connectivity index (χ0v) is 12.9. The summed E-state index contributed by atoms with van der Waals surface area (Å²) in [5, 5.41) is 11.9. The molecule has 0 bridgehead atoms. The van der Waals surface area contributed by atoms with E-state index in [9.17, 15) is 9.59 Å². The molecule has 1 unspecified atom stereocenters. The smallest absolute Gasteiger partial charge is 0.316 e. The van der Waals surface area contributed by atoms with Crippen molar-refractivity contribution in [2.24, 2.45) is 11.8 Å². The van der Waals surface area contributed by atoms with Crippen molar-refractivity contribution in [3.05, 3.63) is 0 Å². The Labute approximate surface area is 114 Å². The number of hydrogen-bond acceptors (Lipinski definition) is 3. The molecule has 0 fully saturated rings. The number of carboxylic acids is 1. The van der Waals surface area contributed by atoms with E-state index in [1.165, 1.54) is 11.8 Å². The molecule has 2 N–H and O–H groups in total. The molecule has 4 nitrogen and oxygen atoms in total. The summed E-state index contributed by atoms with van der Waals surface area (Å²) in [5.41, 5.74) is 0. The first-order chi connectivity index (χ1) is 8.04. The van der Waals surface area contributed by atoms with Crippen molar-refractivity contribution >= 4 is 23.6 Å². The van der Waals surface area contributed by atoms with Crippen LogP contribution in [0.3, 0.4) is 0 Å². The van der Waals surface area contributed by atoms with Gasteiger partial charge in [0.15, 0.2) is 0 Å². The summed E-state index contributed by atoms with van der Waals surface area (Å²) in [6.07, 6.45) is 0. The van der Waals surface area contributed by atoms with E-state index in [-0.39, 0.29) is 16.7 Å². The molecule has 1 amide bonds. The lowest BCUT2D eigenvalue weighted by Crippen LogP contribution is -2.43. The first-order valence-corrected chi connectivity index (χ1v) is 7.20. The van der Waals surface area contributed by atoms with Crippen LogP contribution in [0.2, 0.25) is 0 Å². The van der Waals surface area contributed by atoms with Crippen molar-refractivity contribution in [1.29, 1.82) is 0 Å². The SMILES string of the molecule is CC(C)[C@H](C)NC(=O)C(CSC(C)(C)C)C(=O)O. The lowest BCUT2D eigenvalue weighted by atomic mass is 10.0. The van der Waals surface area contributed by atoms with E-state index in [1.807, 2.05) is 41.5 Å². The van der Waals surface area contributed by atoms with Crippen molar-refractivity contribution in [3.8, 4) is 0 Å². The van der Waals surface area contributed by atoms with Crippen LogP contribution in [0.5, 0.6) is 0 Å². The third kappa shape index (κ3) is 6.89. The summed E-state index contributed by atoms with van der Waals surface area (Å²) in [6, 6.07) is -0.0148. The quantitative estimate of drug-likeness (QED) is 0.730. The molecule has 0 saturated carbocycles. The van der Waals surface area contributed by atoms with Gasteiger partial charge in [0.05, 0.1) is 0 Å². The topological polar surface area (TPSA) is 66.4 Å². The molecule has 0 aromatic rings.